The van der Waals surface area contributed by atoms with Crippen LogP contribution < -0.4 is 0 Å². The molecule has 6 heteroatoms. The van der Waals surface area contributed by atoms with Crippen LogP contribution in [-0.4, -0.2) is 34.2 Å². The molecule has 1 heterocycles. The monoisotopic (exact) mass is 186 g/mol. The van der Waals surface area contributed by atoms with Gasteiger partial charge in [-0.15, -0.1) is 6.42 Å². The highest BCUT2D eigenvalue weighted by molar-refractivity contribution is 5.83. The van der Waals surface area contributed by atoms with Gasteiger partial charge in [-0.05, 0) is 0 Å². The lowest BCUT2D eigenvalue weighted by Gasteiger charge is -2.17. The fourth-order valence-electron chi connectivity index (χ4n) is 0.721. The first-order valence-electron chi connectivity index (χ1n) is 3.30. The van der Waals surface area contributed by atoms with Crippen molar-refractivity contribution in [3.05, 3.63) is 0 Å². The standard InChI is InChI=1S/C7H6O6/c1-2-7(11)12-5(9)3-4(8)6(10)13-7/h1,4,8,11H,3H2. The Labute approximate surface area is 73.1 Å². The summed E-state index contributed by atoms with van der Waals surface area (Å²) in [6, 6.07) is 0. The van der Waals surface area contributed by atoms with Crippen LogP contribution in [0, 0.1) is 12.3 Å². The minimum absolute atomic E-state index is 0.594. The van der Waals surface area contributed by atoms with Crippen molar-refractivity contribution in [2.75, 3.05) is 0 Å². The summed E-state index contributed by atoms with van der Waals surface area (Å²) in [5, 5.41) is 18.0. The van der Waals surface area contributed by atoms with E-state index in [-0.39, 0.29) is 0 Å². The summed E-state index contributed by atoms with van der Waals surface area (Å²) in [4.78, 5) is 21.5. The number of esters is 2. The second-order valence-electron chi connectivity index (χ2n) is 2.34. The fraction of sp³-hybridized carbons (Fsp3) is 0.429. The Hall–Kier alpha value is -1.58. The van der Waals surface area contributed by atoms with Gasteiger partial charge in [-0.1, -0.05) is 0 Å². The van der Waals surface area contributed by atoms with Crippen molar-refractivity contribution in [3.63, 3.8) is 0 Å². The lowest BCUT2D eigenvalue weighted by atomic mass is 10.3. The van der Waals surface area contributed by atoms with Gasteiger partial charge in [0.2, 0.25) is 0 Å². The highest BCUT2D eigenvalue weighted by atomic mass is 16.8. The van der Waals surface area contributed by atoms with Gasteiger partial charge in [0, 0.05) is 5.92 Å². The van der Waals surface area contributed by atoms with Gasteiger partial charge < -0.3 is 19.7 Å². The Morgan fingerprint density at radius 3 is 2.69 bits per heavy atom. The summed E-state index contributed by atoms with van der Waals surface area (Å²) in [5.74, 6) is -3.36. The summed E-state index contributed by atoms with van der Waals surface area (Å²) in [7, 11) is 0. The second kappa shape index (κ2) is 3.05. The molecule has 0 aliphatic carbocycles. The van der Waals surface area contributed by atoms with E-state index in [1.807, 2.05) is 0 Å². The van der Waals surface area contributed by atoms with Crippen molar-refractivity contribution in [3.8, 4) is 12.3 Å². The van der Waals surface area contributed by atoms with Gasteiger partial charge in [0.15, 0.2) is 6.10 Å². The number of ether oxygens (including phenoxy) is 2. The minimum Gasteiger partial charge on any atom is -0.387 e. The molecular weight excluding hydrogens is 180 g/mol. The average molecular weight is 186 g/mol. The maximum absolute atomic E-state index is 10.8. The van der Waals surface area contributed by atoms with Crippen LogP contribution in [0.25, 0.3) is 0 Å². The zero-order valence-corrected chi connectivity index (χ0v) is 6.39. The number of rotatable bonds is 0. The Morgan fingerprint density at radius 1 is 1.54 bits per heavy atom. The van der Waals surface area contributed by atoms with E-state index in [4.69, 9.17) is 16.6 Å². The number of terminal acetylenes is 1. The third-order valence-corrected chi connectivity index (χ3v) is 1.31. The van der Waals surface area contributed by atoms with E-state index >= 15 is 0 Å². The quantitative estimate of drug-likeness (QED) is 0.339. The van der Waals surface area contributed by atoms with Gasteiger partial charge in [0.1, 0.15) is 0 Å². The summed E-state index contributed by atoms with van der Waals surface area (Å²) in [6.45, 7) is 0. The Kier molecular flexibility index (Phi) is 2.23. The van der Waals surface area contributed by atoms with Gasteiger partial charge in [0.05, 0.1) is 6.42 Å². The molecule has 13 heavy (non-hydrogen) atoms. The van der Waals surface area contributed by atoms with Crippen LogP contribution in [0.3, 0.4) is 0 Å². The molecule has 1 aliphatic heterocycles. The van der Waals surface area contributed by atoms with Gasteiger partial charge in [-0.2, -0.15) is 0 Å². The van der Waals surface area contributed by atoms with Crippen LogP contribution in [0.2, 0.25) is 0 Å². The molecule has 1 rings (SSSR count). The van der Waals surface area contributed by atoms with Crippen molar-refractivity contribution in [2.45, 2.75) is 18.5 Å². The van der Waals surface area contributed by atoms with Crippen LogP contribution in [0.1, 0.15) is 6.42 Å². The molecule has 0 amide bonds. The van der Waals surface area contributed by atoms with Crippen molar-refractivity contribution < 1.29 is 29.3 Å². The first-order chi connectivity index (χ1) is 5.97. The maximum atomic E-state index is 10.8. The van der Waals surface area contributed by atoms with Crippen molar-refractivity contribution >= 4 is 11.9 Å². The SMILES string of the molecule is C#CC1(O)OC(=O)CC(O)C(=O)O1. The third-order valence-electron chi connectivity index (χ3n) is 1.31. The van der Waals surface area contributed by atoms with E-state index < -0.39 is 30.4 Å². The van der Waals surface area contributed by atoms with E-state index in [0.29, 0.717) is 0 Å². The molecule has 2 atom stereocenters. The number of carbonyl (C=O) groups is 2. The van der Waals surface area contributed by atoms with E-state index in [1.54, 1.807) is 5.92 Å². The second-order valence-corrected chi connectivity index (χ2v) is 2.34. The molecule has 0 saturated carbocycles. The highest BCUT2D eigenvalue weighted by Gasteiger charge is 2.41. The maximum Gasteiger partial charge on any atom is 0.445 e. The van der Waals surface area contributed by atoms with Gasteiger partial charge in [-0.25, -0.2) is 4.79 Å². The summed E-state index contributed by atoms with van der Waals surface area (Å²) < 4.78 is 8.28. The number of aliphatic hydroxyl groups is 2. The predicted octanol–water partition coefficient (Wildman–Crippen LogP) is -1.88. The summed E-state index contributed by atoms with van der Waals surface area (Å²) in [6.07, 6.45) is 2.49. The number of carbonyl (C=O) groups excluding carboxylic acids is 2. The molecule has 2 N–H and O–H groups in total. The van der Waals surface area contributed by atoms with Crippen LogP contribution in [0.15, 0.2) is 0 Å². The fourth-order valence-corrected chi connectivity index (χ4v) is 0.721. The molecule has 1 saturated heterocycles. The molecule has 1 aliphatic rings. The number of cyclic esters (lactones) is 2. The zero-order chi connectivity index (χ0) is 10.1. The van der Waals surface area contributed by atoms with Crippen LogP contribution in [0.5, 0.6) is 0 Å². The predicted molar refractivity (Wildman–Crippen MR) is 36.6 cm³/mol. The lowest BCUT2D eigenvalue weighted by molar-refractivity contribution is -0.286. The largest absolute Gasteiger partial charge is 0.445 e. The van der Waals surface area contributed by atoms with E-state index in [1.165, 1.54) is 0 Å². The molecular formula is C7H6O6. The summed E-state index contributed by atoms with van der Waals surface area (Å²) >= 11 is 0. The lowest BCUT2D eigenvalue weighted by Crippen LogP contribution is -2.36. The van der Waals surface area contributed by atoms with Crippen molar-refractivity contribution in [2.24, 2.45) is 0 Å². The van der Waals surface area contributed by atoms with Crippen molar-refractivity contribution in [1.29, 1.82) is 0 Å². The Morgan fingerprint density at radius 2 is 2.15 bits per heavy atom. The molecule has 2 unspecified atom stereocenters. The van der Waals surface area contributed by atoms with Crippen LogP contribution in [-0.2, 0) is 19.1 Å². The summed E-state index contributed by atoms with van der Waals surface area (Å²) in [5.41, 5.74) is 0. The number of aliphatic hydroxyl groups excluding tert-OH is 1. The van der Waals surface area contributed by atoms with E-state index in [2.05, 4.69) is 9.47 Å². The average Bonchev–Trinajstić information content (AvgIpc) is 2.11. The first-order valence-corrected chi connectivity index (χ1v) is 3.30. The molecule has 0 radical (unpaired) electrons. The highest BCUT2D eigenvalue weighted by Crippen LogP contribution is 2.16. The first kappa shape index (κ1) is 9.51. The number of hydrogen-bond acceptors (Lipinski definition) is 6. The van der Waals surface area contributed by atoms with Gasteiger partial charge in [-0.3, -0.25) is 4.79 Å². The molecule has 0 spiro atoms. The molecule has 6 nitrogen and oxygen atoms in total. The van der Waals surface area contributed by atoms with E-state index in [0.717, 1.165) is 0 Å². The van der Waals surface area contributed by atoms with Gasteiger partial charge in [0.25, 0.3) is 0 Å². The smallest absolute Gasteiger partial charge is 0.387 e. The zero-order valence-electron chi connectivity index (χ0n) is 6.39. The molecule has 0 aromatic carbocycles. The molecule has 0 aromatic heterocycles. The Bertz CT molecular complexity index is 290. The molecule has 0 bridgehead atoms. The number of hydrogen-bond donors (Lipinski definition) is 2. The molecule has 1 fully saturated rings. The Balaban J connectivity index is 2.90. The third kappa shape index (κ3) is 1.96. The van der Waals surface area contributed by atoms with E-state index in [9.17, 15) is 9.59 Å². The minimum atomic E-state index is -2.70. The molecule has 0 aromatic rings. The van der Waals surface area contributed by atoms with Crippen LogP contribution >= 0.6 is 0 Å². The van der Waals surface area contributed by atoms with Crippen LogP contribution in [0.4, 0.5) is 0 Å². The van der Waals surface area contributed by atoms with Crippen molar-refractivity contribution in [1.82, 2.24) is 0 Å². The normalized spacial score (nSPS) is 34.1. The topological polar surface area (TPSA) is 93.1 Å². The van der Waals surface area contributed by atoms with Gasteiger partial charge >= 0.3 is 17.9 Å². The molecule has 70 valence electrons.